The number of sulfonamides is 1. The van der Waals surface area contributed by atoms with Crippen molar-refractivity contribution in [3.63, 3.8) is 0 Å². The molecule has 0 radical (unpaired) electrons. The molecule has 0 aliphatic carbocycles. The van der Waals surface area contributed by atoms with Gasteiger partial charge in [-0.25, -0.2) is 18.4 Å². The van der Waals surface area contributed by atoms with E-state index in [1.54, 1.807) is 12.1 Å². The molecular formula is C21H21N5O4S. The molecule has 1 heterocycles. The van der Waals surface area contributed by atoms with Gasteiger partial charge in [0, 0.05) is 25.0 Å². The minimum absolute atomic E-state index is 0.0769. The molecule has 0 aliphatic rings. The molecule has 10 heteroatoms. The van der Waals surface area contributed by atoms with Crippen LogP contribution in [0, 0.1) is 6.92 Å². The topological polar surface area (TPSA) is 121 Å². The molecule has 2 aromatic carbocycles. The van der Waals surface area contributed by atoms with E-state index in [9.17, 15) is 18.0 Å². The average Bonchev–Trinajstić information content (AvgIpc) is 2.78. The maximum absolute atomic E-state index is 12.5. The molecule has 1 aromatic heterocycles. The Morgan fingerprint density at radius 2 is 1.55 bits per heavy atom. The van der Waals surface area contributed by atoms with Crippen LogP contribution in [0.5, 0.6) is 0 Å². The highest BCUT2D eigenvalue weighted by molar-refractivity contribution is 7.89. The van der Waals surface area contributed by atoms with E-state index < -0.39 is 28.4 Å². The van der Waals surface area contributed by atoms with Crippen LogP contribution in [0.4, 0.5) is 0 Å². The molecule has 0 atom stereocenters. The lowest BCUT2D eigenvalue weighted by molar-refractivity contribution is -0.121. The Bertz CT molecular complexity index is 1160. The minimum atomic E-state index is -3.83. The maximum Gasteiger partial charge on any atom is 0.272 e. The molecule has 2 amide bonds. The number of benzene rings is 2. The molecule has 3 aromatic rings. The third-order valence-corrected chi connectivity index (χ3v) is 6.17. The lowest BCUT2D eigenvalue weighted by atomic mass is 10.2. The average molecular weight is 439 g/mol. The molecule has 0 saturated carbocycles. The summed E-state index contributed by atoms with van der Waals surface area (Å²) in [4.78, 5) is 32.7. The second kappa shape index (κ2) is 9.45. The SMILES string of the molecule is Cc1ccc(S(=O)(=O)N(C)CC(=O)NNC(=O)c2cnc(-c3ccccc3)nc2)cc1. The zero-order valence-corrected chi connectivity index (χ0v) is 17.8. The van der Waals surface area contributed by atoms with Crippen molar-refractivity contribution in [2.45, 2.75) is 11.8 Å². The number of nitrogens with one attached hydrogen (secondary N) is 2. The third kappa shape index (κ3) is 5.50. The van der Waals surface area contributed by atoms with Gasteiger partial charge in [0.2, 0.25) is 10.0 Å². The lowest BCUT2D eigenvalue weighted by Gasteiger charge is -2.17. The summed E-state index contributed by atoms with van der Waals surface area (Å²) in [5.41, 5.74) is 6.28. The van der Waals surface area contributed by atoms with Crippen molar-refractivity contribution >= 4 is 21.8 Å². The minimum Gasteiger partial charge on any atom is -0.272 e. The molecule has 0 fully saturated rings. The second-order valence-electron chi connectivity index (χ2n) is 6.74. The van der Waals surface area contributed by atoms with E-state index in [2.05, 4.69) is 20.8 Å². The highest BCUT2D eigenvalue weighted by Gasteiger charge is 2.23. The fraction of sp³-hybridized carbons (Fsp3) is 0.143. The second-order valence-corrected chi connectivity index (χ2v) is 8.78. The molecule has 31 heavy (non-hydrogen) atoms. The molecule has 0 saturated heterocycles. The van der Waals surface area contributed by atoms with Crippen LogP contribution in [0.2, 0.25) is 0 Å². The van der Waals surface area contributed by atoms with Gasteiger partial charge < -0.3 is 0 Å². The zero-order chi connectivity index (χ0) is 22.4. The van der Waals surface area contributed by atoms with Crippen LogP contribution in [0.1, 0.15) is 15.9 Å². The van der Waals surface area contributed by atoms with E-state index >= 15 is 0 Å². The normalized spacial score (nSPS) is 11.2. The summed E-state index contributed by atoms with van der Waals surface area (Å²) >= 11 is 0. The summed E-state index contributed by atoms with van der Waals surface area (Å²) in [6, 6.07) is 15.6. The molecule has 0 spiro atoms. The first kappa shape index (κ1) is 22.1. The van der Waals surface area contributed by atoms with Crippen molar-refractivity contribution < 1.29 is 18.0 Å². The fourth-order valence-electron chi connectivity index (χ4n) is 2.60. The van der Waals surface area contributed by atoms with Gasteiger partial charge in [0.05, 0.1) is 17.0 Å². The summed E-state index contributed by atoms with van der Waals surface area (Å²) < 4.78 is 26.0. The van der Waals surface area contributed by atoms with Crippen LogP contribution in [0.25, 0.3) is 11.4 Å². The standard InChI is InChI=1S/C21H21N5O4S/c1-15-8-10-18(11-9-15)31(29,30)26(2)14-19(27)24-25-21(28)17-12-22-20(23-13-17)16-6-4-3-5-7-16/h3-13H,14H2,1-2H3,(H,24,27)(H,25,28). The zero-order valence-electron chi connectivity index (χ0n) is 16.9. The summed E-state index contributed by atoms with van der Waals surface area (Å²) in [6.07, 6.45) is 2.68. The summed E-state index contributed by atoms with van der Waals surface area (Å²) in [6.45, 7) is 1.37. The highest BCUT2D eigenvalue weighted by Crippen LogP contribution is 2.15. The smallest absolute Gasteiger partial charge is 0.272 e. The summed E-state index contributed by atoms with van der Waals surface area (Å²) in [5.74, 6) is -0.866. The number of amides is 2. The van der Waals surface area contributed by atoms with Gasteiger partial charge in [-0.05, 0) is 19.1 Å². The predicted octanol–water partition coefficient (Wildman–Crippen LogP) is 1.53. The first-order valence-electron chi connectivity index (χ1n) is 9.27. The Kier molecular flexibility index (Phi) is 6.73. The molecule has 160 valence electrons. The number of nitrogens with zero attached hydrogens (tertiary/aromatic N) is 3. The van der Waals surface area contributed by atoms with Crippen molar-refractivity contribution in [1.29, 1.82) is 0 Å². The van der Waals surface area contributed by atoms with Crippen molar-refractivity contribution in [1.82, 2.24) is 25.1 Å². The maximum atomic E-state index is 12.5. The van der Waals surface area contributed by atoms with Crippen LogP contribution in [0.15, 0.2) is 71.9 Å². The molecule has 0 aliphatic heterocycles. The van der Waals surface area contributed by atoms with Crippen LogP contribution in [-0.4, -0.2) is 48.1 Å². The van der Waals surface area contributed by atoms with Gasteiger partial charge in [-0.3, -0.25) is 20.4 Å². The molecule has 9 nitrogen and oxygen atoms in total. The summed E-state index contributed by atoms with van der Waals surface area (Å²) in [7, 11) is -2.55. The fourth-order valence-corrected chi connectivity index (χ4v) is 3.72. The van der Waals surface area contributed by atoms with E-state index in [0.29, 0.717) is 5.82 Å². The highest BCUT2D eigenvalue weighted by atomic mass is 32.2. The Morgan fingerprint density at radius 1 is 0.935 bits per heavy atom. The Balaban J connectivity index is 1.55. The van der Waals surface area contributed by atoms with Crippen LogP contribution in [-0.2, 0) is 14.8 Å². The molecule has 0 unspecified atom stereocenters. The van der Waals surface area contributed by atoms with Gasteiger partial charge in [-0.1, -0.05) is 48.0 Å². The van der Waals surface area contributed by atoms with Crippen LogP contribution in [0.3, 0.4) is 0 Å². The monoisotopic (exact) mass is 439 g/mol. The number of rotatable bonds is 6. The summed E-state index contributed by atoms with van der Waals surface area (Å²) in [5, 5.41) is 0. The quantitative estimate of drug-likeness (QED) is 0.562. The van der Waals surface area contributed by atoms with Gasteiger partial charge in [-0.2, -0.15) is 4.31 Å². The predicted molar refractivity (Wildman–Crippen MR) is 114 cm³/mol. The number of carbonyl (C=O) groups excluding carboxylic acids is 2. The van der Waals surface area contributed by atoms with E-state index in [0.717, 1.165) is 15.4 Å². The Labute approximate surface area is 180 Å². The lowest BCUT2D eigenvalue weighted by Crippen LogP contribution is -2.46. The van der Waals surface area contributed by atoms with Crippen LogP contribution < -0.4 is 10.9 Å². The van der Waals surface area contributed by atoms with E-state index in [1.807, 2.05) is 37.3 Å². The largest absolute Gasteiger partial charge is 0.272 e. The number of aromatic nitrogens is 2. The Morgan fingerprint density at radius 3 is 2.16 bits per heavy atom. The number of hydrogen-bond donors (Lipinski definition) is 2. The van der Waals surface area contributed by atoms with Crippen LogP contribution >= 0.6 is 0 Å². The van der Waals surface area contributed by atoms with Crippen molar-refractivity contribution in [3.8, 4) is 11.4 Å². The molecule has 2 N–H and O–H groups in total. The van der Waals surface area contributed by atoms with E-state index in [4.69, 9.17) is 0 Å². The molecular weight excluding hydrogens is 418 g/mol. The molecule has 3 rings (SSSR count). The van der Waals surface area contributed by atoms with Crippen molar-refractivity contribution in [2.24, 2.45) is 0 Å². The first-order valence-corrected chi connectivity index (χ1v) is 10.7. The van der Waals surface area contributed by atoms with Gasteiger partial charge in [0.1, 0.15) is 0 Å². The van der Waals surface area contributed by atoms with E-state index in [-0.39, 0.29) is 10.5 Å². The molecule has 0 bridgehead atoms. The van der Waals surface area contributed by atoms with Crippen molar-refractivity contribution in [3.05, 3.63) is 78.1 Å². The van der Waals surface area contributed by atoms with Gasteiger partial charge >= 0.3 is 0 Å². The van der Waals surface area contributed by atoms with Gasteiger partial charge in [0.15, 0.2) is 5.82 Å². The first-order chi connectivity index (χ1) is 14.8. The third-order valence-electron chi connectivity index (χ3n) is 4.36. The Hall–Kier alpha value is -3.63. The van der Waals surface area contributed by atoms with Gasteiger partial charge in [-0.15, -0.1) is 0 Å². The van der Waals surface area contributed by atoms with Crippen molar-refractivity contribution in [2.75, 3.05) is 13.6 Å². The number of hydrazine groups is 1. The number of hydrogen-bond acceptors (Lipinski definition) is 6. The number of likely N-dealkylation sites (N-methyl/N-ethyl adjacent to an activating group) is 1. The number of carbonyl (C=O) groups is 2. The number of aryl methyl sites for hydroxylation is 1. The van der Waals surface area contributed by atoms with Gasteiger partial charge in [0.25, 0.3) is 11.8 Å². The van der Waals surface area contributed by atoms with E-state index in [1.165, 1.54) is 31.6 Å².